The molecule has 0 aliphatic carbocycles. The fraction of sp³-hybridized carbons (Fsp3) is 0.158. The molecule has 1 atom stereocenters. The molecule has 3 rings (SSSR count). The fourth-order valence-corrected chi connectivity index (χ4v) is 3.12. The summed E-state index contributed by atoms with van der Waals surface area (Å²) in [5.74, 6) is 0.968. The normalized spacial score (nSPS) is 16.8. The van der Waals surface area contributed by atoms with Gasteiger partial charge in [-0.25, -0.2) is 0 Å². The molecule has 0 fully saturated rings. The zero-order valence-corrected chi connectivity index (χ0v) is 15.2. The second-order valence-electron chi connectivity index (χ2n) is 5.53. The molecule has 1 aliphatic heterocycles. The predicted octanol–water partition coefficient (Wildman–Crippen LogP) is 3.00. The number of benzene rings is 2. The first kappa shape index (κ1) is 17.7. The summed E-state index contributed by atoms with van der Waals surface area (Å²) in [6, 6.07) is 16.6. The van der Waals surface area contributed by atoms with Crippen molar-refractivity contribution >= 4 is 24.2 Å². The van der Waals surface area contributed by atoms with Gasteiger partial charge in [0, 0.05) is 5.69 Å². The zero-order chi connectivity index (χ0) is 18.7. The molecule has 1 heterocycles. The molecular weight excluding hydrogens is 350 g/mol. The standard InChI is InChI=1S/C19H17N3O3S/c1-24-14-7-3-12(4-8-14)17-21-18(23)16(11-20)19(26)22(17)13-5-9-15(25-2)10-6-13/h3-10,17,26H,1-2H3,(H,21,23). The van der Waals surface area contributed by atoms with Crippen molar-refractivity contribution in [2.75, 3.05) is 19.1 Å². The average molecular weight is 367 g/mol. The van der Waals surface area contributed by atoms with Crippen molar-refractivity contribution in [3.8, 4) is 17.6 Å². The summed E-state index contributed by atoms with van der Waals surface area (Å²) < 4.78 is 10.4. The molecule has 0 spiro atoms. The Labute approximate surface area is 157 Å². The Morgan fingerprint density at radius 3 is 2.08 bits per heavy atom. The lowest BCUT2D eigenvalue weighted by Crippen LogP contribution is -2.46. The van der Waals surface area contributed by atoms with Crippen LogP contribution in [0.5, 0.6) is 11.5 Å². The molecule has 26 heavy (non-hydrogen) atoms. The third-order valence-electron chi connectivity index (χ3n) is 4.10. The molecule has 2 aromatic carbocycles. The summed E-state index contributed by atoms with van der Waals surface area (Å²) >= 11 is 4.47. The number of nitriles is 1. The van der Waals surface area contributed by atoms with E-state index in [1.807, 2.05) is 54.6 Å². The summed E-state index contributed by atoms with van der Waals surface area (Å²) in [6.07, 6.45) is -0.508. The van der Waals surface area contributed by atoms with E-state index < -0.39 is 12.1 Å². The van der Waals surface area contributed by atoms with Crippen LogP contribution < -0.4 is 19.7 Å². The van der Waals surface area contributed by atoms with E-state index in [2.05, 4.69) is 17.9 Å². The quantitative estimate of drug-likeness (QED) is 0.813. The van der Waals surface area contributed by atoms with Crippen molar-refractivity contribution in [2.45, 2.75) is 6.17 Å². The number of methoxy groups -OCH3 is 2. The van der Waals surface area contributed by atoms with Gasteiger partial charge in [-0.2, -0.15) is 5.26 Å². The molecule has 0 aromatic heterocycles. The summed E-state index contributed by atoms with van der Waals surface area (Å²) in [6.45, 7) is 0. The molecule has 1 unspecified atom stereocenters. The minimum absolute atomic E-state index is 0.0334. The molecule has 1 N–H and O–H groups in total. The van der Waals surface area contributed by atoms with Crippen LogP contribution in [0, 0.1) is 11.3 Å². The van der Waals surface area contributed by atoms with Crippen LogP contribution in [0.1, 0.15) is 11.7 Å². The van der Waals surface area contributed by atoms with Crippen molar-refractivity contribution in [3.63, 3.8) is 0 Å². The van der Waals surface area contributed by atoms with E-state index in [1.165, 1.54) is 0 Å². The second-order valence-corrected chi connectivity index (χ2v) is 5.95. The van der Waals surface area contributed by atoms with E-state index in [-0.39, 0.29) is 5.57 Å². The van der Waals surface area contributed by atoms with Crippen molar-refractivity contribution in [1.82, 2.24) is 5.32 Å². The highest BCUT2D eigenvalue weighted by atomic mass is 32.1. The Bertz CT molecular complexity index is 886. The van der Waals surface area contributed by atoms with Crippen molar-refractivity contribution in [2.24, 2.45) is 0 Å². The van der Waals surface area contributed by atoms with Gasteiger partial charge in [-0.15, -0.1) is 12.6 Å². The first-order chi connectivity index (χ1) is 12.6. The minimum atomic E-state index is -0.508. The Morgan fingerprint density at radius 1 is 1.04 bits per heavy atom. The maximum Gasteiger partial charge on any atom is 0.266 e. The lowest BCUT2D eigenvalue weighted by atomic mass is 10.1. The number of rotatable bonds is 4. The molecule has 7 heteroatoms. The van der Waals surface area contributed by atoms with Crippen LogP contribution in [0.3, 0.4) is 0 Å². The SMILES string of the molecule is COc1ccc(C2NC(=O)C(C#N)=C(S)N2c2ccc(OC)cc2)cc1. The van der Waals surface area contributed by atoms with Gasteiger partial charge in [0.05, 0.1) is 19.2 Å². The van der Waals surface area contributed by atoms with Gasteiger partial charge in [0.25, 0.3) is 5.91 Å². The summed E-state index contributed by atoms with van der Waals surface area (Å²) in [7, 11) is 3.18. The lowest BCUT2D eigenvalue weighted by Gasteiger charge is -2.38. The van der Waals surface area contributed by atoms with Gasteiger partial charge >= 0.3 is 0 Å². The number of nitrogens with one attached hydrogen (secondary N) is 1. The zero-order valence-electron chi connectivity index (χ0n) is 14.3. The maximum absolute atomic E-state index is 12.3. The maximum atomic E-state index is 12.3. The highest BCUT2D eigenvalue weighted by molar-refractivity contribution is 7.84. The van der Waals surface area contributed by atoms with Crippen LogP contribution in [-0.2, 0) is 4.79 Å². The predicted molar refractivity (Wildman–Crippen MR) is 101 cm³/mol. The molecule has 0 bridgehead atoms. The minimum Gasteiger partial charge on any atom is -0.497 e. The first-order valence-corrected chi connectivity index (χ1v) is 8.25. The molecule has 6 nitrogen and oxygen atoms in total. The number of anilines is 1. The van der Waals surface area contributed by atoms with Crippen LogP contribution in [0.25, 0.3) is 0 Å². The van der Waals surface area contributed by atoms with Gasteiger partial charge in [-0.05, 0) is 42.0 Å². The molecular formula is C19H17N3O3S. The Hall–Kier alpha value is -3.11. The highest BCUT2D eigenvalue weighted by Gasteiger charge is 2.33. The van der Waals surface area contributed by atoms with Gasteiger partial charge < -0.3 is 19.7 Å². The van der Waals surface area contributed by atoms with Gasteiger partial charge in [0.2, 0.25) is 0 Å². The van der Waals surface area contributed by atoms with Crippen LogP contribution in [0.15, 0.2) is 59.1 Å². The van der Waals surface area contributed by atoms with Crippen molar-refractivity contribution in [3.05, 3.63) is 64.7 Å². The topological polar surface area (TPSA) is 74.6 Å². The summed E-state index contributed by atoms with van der Waals surface area (Å²) in [4.78, 5) is 14.1. The molecule has 2 aromatic rings. The van der Waals surface area contributed by atoms with E-state index in [9.17, 15) is 10.1 Å². The van der Waals surface area contributed by atoms with Crippen LogP contribution in [0.2, 0.25) is 0 Å². The van der Waals surface area contributed by atoms with Crippen LogP contribution >= 0.6 is 12.6 Å². The van der Waals surface area contributed by atoms with Crippen molar-refractivity contribution in [1.29, 1.82) is 5.26 Å². The fourth-order valence-electron chi connectivity index (χ4n) is 2.74. The van der Waals surface area contributed by atoms with Gasteiger partial charge in [0.15, 0.2) is 0 Å². The Balaban J connectivity index is 2.09. The molecule has 0 radical (unpaired) electrons. The third kappa shape index (κ3) is 3.19. The number of hydrogen-bond acceptors (Lipinski definition) is 6. The molecule has 132 valence electrons. The van der Waals surface area contributed by atoms with E-state index in [1.54, 1.807) is 19.1 Å². The van der Waals surface area contributed by atoms with Gasteiger partial charge in [-0.3, -0.25) is 4.79 Å². The number of ether oxygens (including phenoxy) is 2. The molecule has 1 aliphatic rings. The average Bonchev–Trinajstić information content (AvgIpc) is 2.68. The number of carbonyl (C=O) groups is 1. The smallest absolute Gasteiger partial charge is 0.266 e. The second kappa shape index (κ2) is 7.42. The number of amides is 1. The largest absolute Gasteiger partial charge is 0.497 e. The number of hydrogen-bond donors (Lipinski definition) is 2. The molecule has 0 saturated heterocycles. The Morgan fingerprint density at radius 2 is 1.58 bits per heavy atom. The van der Waals surface area contributed by atoms with Crippen molar-refractivity contribution < 1.29 is 14.3 Å². The summed E-state index contributed by atoms with van der Waals surface area (Å²) in [5.41, 5.74) is 1.57. The molecule has 0 saturated carbocycles. The number of nitrogens with zero attached hydrogens (tertiary/aromatic N) is 2. The van der Waals surface area contributed by atoms with E-state index in [0.29, 0.717) is 16.5 Å². The highest BCUT2D eigenvalue weighted by Crippen LogP contribution is 2.36. The lowest BCUT2D eigenvalue weighted by molar-refractivity contribution is -0.118. The van der Waals surface area contributed by atoms with E-state index in [0.717, 1.165) is 11.3 Å². The van der Waals surface area contributed by atoms with Gasteiger partial charge in [0.1, 0.15) is 29.3 Å². The molecule has 1 amide bonds. The summed E-state index contributed by atoms with van der Waals surface area (Å²) in [5, 5.41) is 12.5. The van der Waals surface area contributed by atoms with Crippen LogP contribution in [0.4, 0.5) is 5.69 Å². The number of thiol groups is 1. The van der Waals surface area contributed by atoms with E-state index in [4.69, 9.17) is 9.47 Å². The monoisotopic (exact) mass is 367 g/mol. The first-order valence-electron chi connectivity index (χ1n) is 7.80. The number of carbonyl (C=O) groups excluding carboxylic acids is 1. The van der Waals surface area contributed by atoms with Crippen LogP contribution in [-0.4, -0.2) is 20.1 Å². The van der Waals surface area contributed by atoms with E-state index >= 15 is 0 Å². The third-order valence-corrected chi connectivity index (χ3v) is 4.54. The Kier molecular flexibility index (Phi) is 5.05. The van der Waals surface area contributed by atoms with Gasteiger partial charge in [-0.1, -0.05) is 12.1 Å².